The number of halogens is 3. The van der Waals surface area contributed by atoms with Crippen molar-refractivity contribution in [3.05, 3.63) is 60.2 Å². The van der Waals surface area contributed by atoms with Crippen LogP contribution in [0.5, 0.6) is 0 Å². The third kappa shape index (κ3) is 4.42. The van der Waals surface area contributed by atoms with E-state index in [1.807, 2.05) is 0 Å². The zero-order valence-corrected chi connectivity index (χ0v) is 15.8. The number of carbonyl (C=O) groups is 1. The molecule has 3 aromatic rings. The van der Waals surface area contributed by atoms with E-state index in [1.54, 1.807) is 29.4 Å². The Hall–Kier alpha value is -3.43. The molecule has 10 heteroatoms. The highest BCUT2D eigenvalue weighted by Gasteiger charge is 2.31. The molecule has 0 unspecified atom stereocenters. The number of nitrogens with zero attached hydrogens (tertiary/aromatic N) is 4. The molecule has 1 saturated heterocycles. The van der Waals surface area contributed by atoms with Crippen LogP contribution in [0.25, 0.3) is 11.4 Å². The summed E-state index contributed by atoms with van der Waals surface area (Å²) in [6.07, 6.45) is 0.0694. The molecule has 1 aromatic carbocycles. The molecular weight excluding hydrogens is 399 g/mol. The van der Waals surface area contributed by atoms with Gasteiger partial charge in [-0.2, -0.15) is 18.2 Å². The highest BCUT2D eigenvalue weighted by Crippen LogP contribution is 2.31. The topological polar surface area (TPSA) is 84.2 Å². The number of carbonyl (C=O) groups excluding carboxylic acids is 1. The Balaban J connectivity index is 1.35. The van der Waals surface area contributed by atoms with Crippen LogP contribution >= 0.6 is 0 Å². The van der Waals surface area contributed by atoms with E-state index >= 15 is 0 Å². The average molecular weight is 417 g/mol. The second kappa shape index (κ2) is 8.13. The molecule has 30 heavy (non-hydrogen) atoms. The largest absolute Gasteiger partial charge is 0.416 e. The third-order valence-electron chi connectivity index (χ3n) is 4.95. The second-order valence-electron chi connectivity index (χ2n) is 6.96. The van der Waals surface area contributed by atoms with Crippen molar-refractivity contribution in [3.63, 3.8) is 0 Å². The van der Waals surface area contributed by atoms with E-state index in [0.717, 1.165) is 17.7 Å². The Morgan fingerprint density at radius 1 is 1.13 bits per heavy atom. The van der Waals surface area contributed by atoms with Crippen molar-refractivity contribution < 1.29 is 22.5 Å². The van der Waals surface area contributed by atoms with Gasteiger partial charge in [0.15, 0.2) is 0 Å². The summed E-state index contributed by atoms with van der Waals surface area (Å²) in [6.45, 7) is 0.866. The van der Waals surface area contributed by atoms with Crippen molar-refractivity contribution in [2.24, 2.45) is 0 Å². The minimum atomic E-state index is -4.46. The van der Waals surface area contributed by atoms with Crippen molar-refractivity contribution in [2.45, 2.75) is 24.9 Å². The van der Waals surface area contributed by atoms with Gasteiger partial charge in [-0.05, 0) is 43.2 Å². The summed E-state index contributed by atoms with van der Waals surface area (Å²) in [5.41, 5.74) is 0.106. The van der Waals surface area contributed by atoms with E-state index in [-0.39, 0.29) is 11.6 Å². The fourth-order valence-electron chi connectivity index (χ4n) is 3.32. The Morgan fingerprint density at radius 2 is 1.87 bits per heavy atom. The van der Waals surface area contributed by atoms with Crippen LogP contribution in [0.4, 0.5) is 23.7 Å². The lowest BCUT2D eigenvalue weighted by atomic mass is 9.97. The molecule has 0 radical (unpaired) electrons. The van der Waals surface area contributed by atoms with E-state index in [1.165, 1.54) is 12.1 Å². The van der Waals surface area contributed by atoms with E-state index < -0.39 is 17.8 Å². The molecule has 0 atom stereocenters. The van der Waals surface area contributed by atoms with Gasteiger partial charge in [-0.25, -0.2) is 4.79 Å². The fourth-order valence-corrected chi connectivity index (χ4v) is 3.32. The molecule has 0 spiro atoms. The van der Waals surface area contributed by atoms with Crippen molar-refractivity contribution in [1.82, 2.24) is 20.0 Å². The minimum absolute atomic E-state index is 0.0192. The smallest absolute Gasteiger partial charge is 0.339 e. The number of nitrogens with one attached hydrogen (secondary N) is 1. The van der Waals surface area contributed by atoms with Gasteiger partial charge in [-0.3, -0.25) is 4.98 Å². The van der Waals surface area contributed by atoms with Crippen LogP contribution in [-0.4, -0.2) is 39.1 Å². The van der Waals surface area contributed by atoms with Crippen LogP contribution in [0.15, 0.2) is 53.3 Å². The zero-order valence-electron chi connectivity index (χ0n) is 15.8. The van der Waals surface area contributed by atoms with E-state index in [0.29, 0.717) is 37.6 Å². The lowest BCUT2D eigenvalue weighted by molar-refractivity contribution is -0.137. The first kappa shape index (κ1) is 19.9. The summed E-state index contributed by atoms with van der Waals surface area (Å²) < 4.78 is 43.9. The number of aromatic nitrogens is 3. The molecule has 0 saturated carbocycles. The predicted octanol–water partition coefficient (Wildman–Crippen LogP) is 4.56. The maximum absolute atomic E-state index is 12.8. The van der Waals surface area contributed by atoms with Crippen molar-refractivity contribution in [3.8, 4) is 11.4 Å². The monoisotopic (exact) mass is 417 g/mol. The van der Waals surface area contributed by atoms with Crippen LogP contribution in [0.1, 0.15) is 30.2 Å². The number of piperidine rings is 1. The Morgan fingerprint density at radius 3 is 2.57 bits per heavy atom. The molecule has 2 amide bonds. The number of rotatable bonds is 3. The van der Waals surface area contributed by atoms with Gasteiger partial charge in [0.05, 0.1) is 5.56 Å². The quantitative estimate of drug-likeness (QED) is 0.675. The van der Waals surface area contributed by atoms with Gasteiger partial charge >= 0.3 is 12.2 Å². The third-order valence-corrected chi connectivity index (χ3v) is 4.95. The van der Waals surface area contributed by atoms with Gasteiger partial charge in [0.1, 0.15) is 0 Å². The maximum Gasteiger partial charge on any atom is 0.416 e. The Bertz CT molecular complexity index is 1010. The molecule has 2 aromatic heterocycles. The van der Waals surface area contributed by atoms with Gasteiger partial charge in [0.2, 0.25) is 11.7 Å². The molecule has 1 N–H and O–H groups in total. The highest BCUT2D eigenvalue weighted by atomic mass is 19.4. The first-order valence-electron chi connectivity index (χ1n) is 9.37. The van der Waals surface area contributed by atoms with Crippen molar-refractivity contribution in [2.75, 3.05) is 18.4 Å². The number of hydrogen-bond donors (Lipinski definition) is 1. The number of urea groups is 1. The summed E-state index contributed by atoms with van der Waals surface area (Å²) in [5, 5.41) is 6.53. The summed E-state index contributed by atoms with van der Waals surface area (Å²) in [4.78, 5) is 22.4. The Labute approximate surface area is 169 Å². The molecule has 3 heterocycles. The highest BCUT2D eigenvalue weighted by molar-refractivity contribution is 5.89. The van der Waals surface area contributed by atoms with Gasteiger partial charge in [-0.15, -0.1) is 0 Å². The molecule has 156 valence electrons. The Kier molecular flexibility index (Phi) is 5.39. The SMILES string of the molecule is O=C(Nc1cccc(C(F)(F)F)c1)N1CCC(c2nc(-c3ccncc3)no2)CC1. The summed E-state index contributed by atoms with van der Waals surface area (Å²) in [6, 6.07) is 7.72. The van der Waals surface area contributed by atoms with Gasteiger partial charge in [0.25, 0.3) is 0 Å². The van der Waals surface area contributed by atoms with Crippen LogP contribution < -0.4 is 5.32 Å². The number of amides is 2. The van der Waals surface area contributed by atoms with E-state index in [4.69, 9.17) is 4.52 Å². The summed E-state index contributed by atoms with van der Waals surface area (Å²) >= 11 is 0. The first-order chi connectivity index (χ1) is 14.4. The van der Waals surface area contributed by atoms with Crippen LogP contribution in [-0.2, 0) is 6.18 Å². The normalized spacial score (nSPS) is 15.2. The van der Waals surface area contributed by atoms with Crippen molar-refractivity contribution in [1.29, 1.82) is 0 Å². The second-order valence-corrected chi connectivity index (χ2v) is 6.96. The summed E-state index contributed by atoms with van der Waals surface area (Å²) in [5.74, 6) is 1.02. The van der Waals surface area contributed by atoms with Crippen LogP contribution in [0, 0.1) is 0 Å². The first-order valence-corrected chi connectivity index (χ1v) is 9.37. The van der Waals surface area contributed by atoms with E-state index in [9.17, 15) is 18.0 Å². The molecule has 4 rings (SSSR count). The van der Waals surface area contributed by atoms with Gasteiger partial charge in [0, 0.05) is 42.7 Å². The molecule has 0 aliphatic carbocycles. The molecule has 1 aliphatic rings. The lowest BCUT2D eigenvalue weighted by Gasteiger charge is -2.30. The van der Waals surface area contributed by atoms with Gasteiger partial charge in [-0.1, -0.05) is 11.2 Å². The minimum Gasteiger partial charge on any atom is -0.339 e. The lowest BCUT2D eigenvalue weighted by Crippen LogP contribution is -2.40. The summed E-state index contributed by atoms with van der Waals surface area (Å²) in [7, 11) is 0. The molecular formula is C20H18F3N5O2. The molecule has 0 bridgehead atoms. The molecule has 1 aliphatic heterocycles. The predicted molar refractivity (Wildman–Crippen MR) is 102 cm³/mol. The number of alkyl halides is 3. The maximum atomic E-state index is 12.8. The van der Waals surface area contributed by atoms with Crippen LogP contribution in [0.3, 0.4) is 0 Å². The van der Waals surface area contributed by atoms with Crippen LogP contribution in [0.2, 0.25) is 0 Å². The molecule has 1 fully saturated rings. The average Bonchev–Trinajstić information content (AvgIpc) is 3.24. The number of benzene rings is 1. The van der Waals surface area contributed by atoms with Crippen molar-refractivity contribution >= 4 is 11.7 Å². The van der Waals surface area contributed by atoms with Gasteiger partial charge < -0.3 is 14.7 Å². The number of pyridine rings is 1. The number of hydrogen-bond acceptors (Lipinski definition) is 5. The zero-order chi connectivity index (χ0) is 21.1. The number of likely N-dealkylation sites (tertiary alicyclic amines) is 1. The number of anilines is 1. The van der Waals surface area contributed by atoms with E-state index in [2.05, 4.69) is 20.4 Å². The molecule has 7 nitrogen and oxygen atoms in total. The standard InChI is InChI=1S/C20H18F3N5O2/c21-20(22,23)15-2-1-3-16(12-15)25-19(29)28-10-6-14(7-11-28)18-26-17(27-30-18)13-4-8-24-9-5-13/h1-5,8-9,12,14H,6-7,10-11H2,(H,25,29). The fraction of sp³-hybridized carbons (Fsp3) is 0.300.